The smallest absolute Gasteiger partial charge is 0.275 e. The highest BCUT2D eigenvalue weighted by Crippen LogP contribution is 2.25. The number of aromatic nitrogens is 5. The summed E-state index contributed by atoms with van der Waals surface area (Å²) in [5.74, 6) is 0.801. The molecule has 2 aromatic heterocycles. The number of benzene rings is 2. The molecule has 0 fully saturated rings. The largest absolute Gasteiger partial charge is 0.489 e. The highest BCUT2D eigenvalue weighted by molar-refractivity contribution is 9.10. The summed E-state index contributed by atoms with van der Waals surface area (Å²) in [5, 5.41) is 11.4. The van der Waals surface area contributed by atoms with Crippen LogP contribution in [0.1, 0.15) is 16.7 Å². The first-order valence-electron chi connectivity index (χ1n) is 9.20. The Hall–Kier alpha value is -2.78. The highest BCUT2D eigenvalue weighted by atomic mass is 79.9. The summed E-state index contributed by atoms with van der Waals surface area (Å²) < 4.78 is 9.09. The standard InChI is InChI=1S/C21H17Br2N5O2/c22-18-8-9-20(30-13-15-4-2-1-3-5-15)16(10-18)6-7-17-11-19(23)12-27(21(17)29)28-25-14-24-26-28/h1-5,8-12,14H,6-7,13H2. The molecule has 0 aliphatic carbocycles. The molecular weight excluding hydrogens is 514 g/mol. The highest BCUT2D eigenvalue weighted by Gasteiger charge is 2.11. The maximum Gasteiger partial charge on any atom is 0.275 e. The molecule has 0 amide bonds. The lowest BCUT2D eigenvalue weighted by Crippen LogP contribution is -2.30. The molecule has 7 nitrogen and oxygen atoms in total. The first-order chi connectivity index (χ1) is 14.6. The van der Waals surface area contributed by atoms with E-state index in [4.69, 9.17) is 4.74 Å². The predicted octanol–water partition coefficient (Wildman–Crippen LogP) is 4.04. The topological polar surface area (TPSA) is 74.8 Å². The van der Waals surface area contributed by atoms with E-state index in [1.165, 1.54) is 11.0 Å². The van der Waals surface area contributed by atoms with Crippen molar-refractivity contribution in [3.63, 3.8) is 0 Å². The molecule has 0 saturated heterocycles. The number of hydrogen-bond donors (Lipinski definition) is 0. The van der Waals surface area contributed by atoms with Crippen molar-refractivity contribution in [2.75, 3.05) is 0 Å². The van der Waals surface area contributed by atoms with Crippen molar-refractivity contribution >= 4 is 31.9 Å². The Kier molecular flexibility index (Phi) is 6.39. The van der Waals surface area contributed by atoms with Crippen molar-refractivity contribution in [2.24, 2.45) is 0 Å². The van der Waals surface area contributed by atoms with Crippen molar-refractivity contribution in [1.29, 1.82) is 0 Å². The summed E-state index contributed by atoms with van der Waals surface area (Å²) in [6.45, 7) is 0.483. The maximum atomic E-state index is 12.9. The van der Waals surface area contributed by atoms with Crippen LogP contribution in [-0.2, 0) is 19.4 Å². The molecule has 0 aliphatic rings. The quantitative estimate of drug-likeness (QED) is 0.360. The fourth-order valence-corrected chi connectivity index (χ4v) is 3.93. The lowest BCUT2D eigenvalue weighted by atomic mass is 10.0. The van der Waals surface area contributed by atoms with E-state index >= 15 is 0 Å². The Morgan fingerprint density at radius 1 is 0.933 bits per heavy atom. The van der Waals surface area contributed by atoms with Gasteiger partial charge < -0.3 is 4.74 Å². The van der Waals surface area contributed by atoms with Crippen molar-refractivity contribution in [1.82, 2.24) is 25.0 Å². The van der Waals surface area contributed by atoms with Crippen molar-refractivity contribution < 1.29 is 4.74 Å². The fraction of sp³-hybridized carbons (Fsp3) is 0.143. The van der Waals surface area contributed by atoms with Gasteiger partial charge in [-0.1, -0.05) is 51.2 Å². The normalized spacial score (nSPS) is 10.9. The number of hydrogen-bond acceptors (Lipinski definition) is 5. The first kappa shape index (κ1) is 20.5. The van der Waals surface area contributed by atoms with Crippen LogP contribution in [0.4, 0.5) is 0 Å². The number of aryl methyl sites for hydroxylation is 2. The van der Waals surface area contributed by atoms with Gasteiger partial charge in [0.1, 0.15) is 12.4 Å². The third-order valence-corrected chi connectivity index (χ3v) is 5.42. The van der Waals surface area contributed by atoms with E-state index in [1.807, 2.05) is 54.6 Å². The molecule has 0 aliphatic heterocycles. The van der Waals surface area contributed by atoms with E-state index < -0.39 is 0 Å². The van der Waals surface area contributed by atoms with Gasteiger partial charge in [0.2, 0.25) is 0 Å². The number of nitrogens with zero attached hydrogens (tertiary/aromatic N) is 5. The molecule has 0 saturated carbocycles. The molecule has 0 N–H and O–H groups in total. The Labute approximate surface area is 189 Å². The molecule has 0 spiro atoms. The summed E-state index contributed by atoms with van der Waals surface area (Å²) in [6, 6.07) is 17.8. The van der Waals surface area contributed by atoms with Crippen LogP contribution in [0.2, 0.25) is 0 Å². The molecular formula is C21H17Br2N5O2. The third kappa shape index (κ3) is 4.85. The monoisotopic (exact) mass is 529 g/mol. The van der Waals surface area contributed by atoms with Crippen LogP contribution in [0.25, 0.3) is 0 Å². The second-order valence-corrected chi connectivity index (χ2v) is 8.40. The summed E-state index contributed by atoms with van der Waals surface area (Å²) >= 11 is 6.98. The minimum atomic E-state index is -0.196. The zero-order valence-corrected chi connectivity index (χ0v) is 19.0. The number of tetrazole rings is 1. The summed E-state index contributed by atoms with van der Waals surface area (Å²) in [6.07, 6.45) is 4.07. The summed E-state index contributed by atoms with van der Waals surface area (Å²) in [5.41, 5.74) is 2.56. The summed E-state index contributed by atoms with van der Waals surface area (Å²) in [4.78, 5) is 14.0. The number of halogens is 2. The maximum absolute atomic E-state index is 12.9. The molecule has 2 heterocycles. The van der Waals surface area contributed by atoms with Gasteiger partial charge in [-0.2, -0.15) is 4.68 Å². The van der Waals surface area contributed by atoms with E-state index in [2.05, 4.69) is 47.3 Å². The average molecular weight is 531 g/mol. The van der Waals surface area contributed by atoms with Crippen molar-refractivity contribution in [3.8, 4) is 5.75 Å². The average Bonchev–Trinajstić information content (AvgIpc) is 3.29. The number of ether oxygens (including phenoxy) is 1. The second-order valence-electron chi connectivity index (χ2n) is 6.56. The molecule has 30 heavy (non-hydrogen) atoms. The van der Waals surface area contributed by atoms with Gasteiger partial charge in [-0.15, -0.1) is 10.2 Å². The van der Waals surface area contributed by atoms with E-state index in [9.17, 15) is 4.79 Å². The molecule has 4 rings (SSSR count). The second kappa shape index (κ2) is 9.36. The van der Waals surface area contributed by atoms with Crippen LogP contribution in [0.5, 0.6) is 5.75 Å². The predicted molar refractivity (Wildman–Crippen MR) is 119 cm³/mol. The Bertz CT molecular complexity index is 1190. The van der Waals surface area contributed by atoms with Crippen LogP contribution in [0, 0.1) is 0 Å². The fourth-order valence-electron chi connectivity index (χ4n) is 3.05. The van der Waals surface area contributed by atoms with Crippen LogP contribution in [0.15, 0.2) is 80.9 Å². The van der Waals surface area contributed by atoms with E-state index in [-0.39, 0.29) is 5.56 Å². The SMILES string of the molecule is O=c1c(CCc2cc(Br)ccc2OCc2ccccc2)cc(Br)cn1-n1ncnn1. The molecule has 0 atom stereocenters. The number of rotatable bonds is 7. The lowest BCUT2D eigenvalue weighted by molar-refractivity contribution is 0.303. The van der Waals surface area contributed by atoms with Gasteiger partial charge in [0.05, 0.1) is 0 Å². The van der Waals surface area contributed by atoms with Crippen LogP contribution >= 0.6 is 31.9 Å². The molecule has 0 radical (unpaired) electrons. The third-order valence-electron chi connectivity index (χ3n) is 4.49. The molecule has 9 heteroatoms. The van der Waals surface area contributed by atoms with Gasteiger partial charge in [0.15, 0.2) is 6.33 Å². The first-order valence-corrected chi connectivity index (χ1v) is 10.8. The van der Waals surface area contributed by atoms with E-state index in [0.717, 1.165) is 30.7 Å². The van der Waals surface area contributed by atoms with Crippen LogP contribution in [-0.4, -0.2) is 25.0 Å². The zero-order chi connectivity index (χ0) is 20.9. The van der Waals surface area contributed by atoms with Gasteiger partial charge >= 0.3 is 0 Å². The van der Waals surface area contributed by atoms with E-state index in [1.54, 1.807) is 6.20 Å². The molecule has 0 bridgehead atoms. The number of pyridine rings is 1. The Morgan fingerprint density at radius 3 is 2.47 bits per heavy atom. The molecule has 4 aromatic rings. The van der Waals surface area contributed by atoms with Gasteiger partial charge in [-0.25, -0.2) is 0 Å². The van der Waals surface area contributed by atoms with Gasteiger partial charge in [0, 0.05) is 20.7 Å². The zero-order valence-electron chi connectivity index (χ0n) is 15.8. The molecule has 152 valence electrons. The molecule has 2 aromatic carbocycles. The van der Waals surface area contributed by atoms with Crippen molar-refractivity contribution in [3.05, 3.63) is 103 Å². The van der Waals surface area contributed by atoms with Crippen molar-refractivity contribution in [2.45, 2.75) is 19.4 Å². The van der Waals surface area contributed by atoms with Gasteiger partial charge in [-0.05, 0) is 69.4 Å². The van der Waals surface area contributed by atoms with Gasteiger partial charge in [-0.3, -0.25) is 4.79 Å². The summed E-state index contributed by atoms with van der Waals surface area (Å²) in [7, 11) is 0. The minimum Gasteiger partial charge on any atom is -0.489 e. The van der Waals surface area contributed by atoms with Crippen LogP contribution in [0.3, 0.4) is 0 Å². The van der Waals surface area contributed by atoms with E-state index in [0.29, 0.717) is 25.0 Å². The molecule has 0 unspecified atom stereocenters. The van der Waals surface area contributed by atoms with Crippen LogP contribution < -0.4 is 10.3 Å². The Balaban J connectivity index is 1.55. The minimum absolute atomic E-state index is 0.196. The lowest BCUT2D eigenvalue weighted by Gasteiger charge is -2.13. The van der Waals surface area contributed by atoms with Gasteiger partial charge in [0.25, 0.3) is 5.56 Å². The Morgan fingerprint density at radius 2 is 1.70 bits per heavy atom.